The van der Waals surface area contributed by atoms with Gasteiger partial charge in [-0.05, 0) is 49.9 Å². The van der Waals surface area contributed by atoms with Crippen LogP contribution < -0.4 is 14.4 Å². The second-order valence-electron chi connectivity index (χ2n) is 10.1. The van der Waals surface area contributed by atoms with Gasteiger partial charge in [0.15, 0.2) is 0 Å². The largest absolute Gasteiger partial charge is 0.495 e. The molecule has 1 N–H and O–H groups in total. The lowest BCUT2D eigenvalue weighted by Gasteiger charge is -2.33. The Bertz CT molecular complexity index is 1250. The Balaban J connectivity index is 1.82. The van der Waals surface area contributed by atoms with Gasteiger partial charge in [-0.15, -0.1) is 0 Å². The molecule has 3 rings (SSSR count). The fourth-order valence-corrected chi connectivity index (χ4v) is 6.62. The van der Waals surface area contributed by atoms with Gasteiger partial charge in [0.1, 0.15) is 11.8 Å². The number of halogens is 2. The number of hydrogen-bond acceptors (Lipinski definition) is 5. The van der Waals surface area contributed by atoms with Gasteiger partial charge in [-0.2, -0.15) is 0 Å². The van der Waals surface area contributed by atoms with Crippen LogP contribution in [-0.4, -0.2) is 57.1 Å². The monoisotopic (exact) mass is 611 g/mol. The third-order valence-electron chi connectivity index (χ3n) is 7.23. The summed E-state index contributed by atoms with van der Waals surface area (Å²) >= 11 is 12.9. The topological polar surface area (TPSA) is 96.0 Å². The average Bonchev–Trinajstić information content (AvgIpc) is 2.92. The predicted octanol–water partition coefficient (Wildman–Crippen LogP) is 5.80. The van der Waals surface area contributed by atoms with Gasteiger partial charge < -0.3 is 15.0 Å². The van der Waals surface area contributed by atoms with E-state index in [0.717, 1.165) is 31.9 Å². The van der Waals surface area contributed by atoms with Crippen molar-refractivity contribution in [3.05, 3.63) is 58.1 Å². The zero-order valence-electron chi connectivity index (χ0n) is 23.4. The number of ether oxygens (including phenoxy) is 1. The van der Waals surface area contributed by atoms with Crippen LogP contribution >= 0.6 is 23.2 Å². The van der Waals surface area contributed by atoms with Crippen LogP contribution in [0, 0.1) is 0 Å². The Labute approximate surface area is 248 Å². The van der Waals surface area contributed by atoms with Gasteiger partial charge in [-0.1, -0.05) is 67.6 Å². The van der Waals surface area contributed by atoms with Gasteiger partial charge in [0.2, 0.25) is 21.8 Å². The van der Waals surface area contributed by atoms with Crippen molar-refractivity contribution in [1.29, 1.82) is 0 Å². The van der Waals surface area contributed by atoms with Gasteiger partial charge >= 0.3 is 0 Å². The summed E-state index contributed by atoms with van der Waals surface area (Å²) in [4.78, 5) is 28.7. The minimum Gasteiger partial charge on any atom is -0.495 e. The van der Waals surface area contributed by atoms with E-state index in [4.69, 9.17) is 27.9 Å². The van der Waals surface area contributed by atoms with E-state index in [2.05, 4.69) is 5.32 Å². The normalized spacial score (nSPS) is 14.8. The van der Waals surface area contributed by atoms with Crippen LogP contribution in [0.1, 0.15) is 63.9 Å². The number of carbonyl (C=O) groups is 2. The summed E-state index contributed by atoms with van der Waals surface area (Å²) in [6.45, 7) is 2.00. The minimum atomic E-state index is -3.65. The zero-order chi connectivity index (χ0) is 29.3. The highest BCUT2D eigenvalue weighted by molar-refractivity contribution is 7.92. The molecule has 1 atom stereocenters. The molecule has 0 unspecified atom stereocenters. The van der Waals surface area contributed by atoms with E-state index in [1.54, 1.807) is 42.5 Å². The number of rotatable bonds is 13. The van der Waals surface area contributed by atoms with Crippen molar-refractivity contribution < 1.29 is 22.7 Å². The first-order valence-corrected chi connectivity index (χ1v) is 16.3. The summed E-state index contributed by atoms with van der Waals surface area (Å²) < 4.78 is 31.9. The van der Waals surface area contributed by atoms with E-state index in [1.165, 1.54) is 22.7 Å². The number of nitrogens with one attached hydrogen (secondary N) is 1. The number of sulfonamides is 1. The molecule has 0 aromatic heterocycles. The Morgan fingerprint density at radius 3 is 2.30 bits per heavy atom. The predicted molar refractivity (Wildman–Crippen MR) is 161 cm³/mol. The van der Waals surface area contributed by atoms with Crippen LogP contribution in [0.3, 0.4) is 0 Å². The Morgan fingerprint density at radius 1 is 1.05 bits per heavy atom. The van der Waals surface area contributed by atoms with E-state index >= 15 is 0 Å². The quantitative estimate of drug-likeness (QED) is 0.308. The molecule has 2 aromatic rings. The fraction of sp³-hybridized carbons (Fsp3) is 0.517. The van der Waals surface area contributed by atoms with E-state index in [0.29, 0.717) is 33.5 Å². The summed E-state index contributed by atoms with van der Waals surface area (Å²) in [6.07, 6.45) is 6.95. The second-order valence-corrected chi connectivity index (χ2v) is 12.8. The van der Waals surface area contributed by atoms with E-state index in [1.807, 2.05) is 6.92 Å². The first-order chi connectivity index (χ1) is 19.1. The van der Waals surface area contributed by atoms with Crippen LogP contribution in [-0.2, 0) is 26.2 Å². The maximum absolute atomic E-state index is 13.7. The van der Waals surface area contributed by atoms with Crippen LogP contribution in [0.15, 0.2) is 42.5 Å². The first kappa shape index (κ1) is 32.0. The molecule has 0 spiro atoms. The van der Waals surface area contributed by atoms with Crippen molar-refractivity contribution >= 4 is 50.7 Å². The summed E-state index contributed by atoms with van der Waals surface area (Å²) in [7, 11) is -2.17. The van der Waals surface area contributed by atoms with Crippen molar-refractivity contribution in [2.75, 3.05) is 24.2 Å². The number of nitrogens with zero attached hydrogens (tertiary/aromatic N) is 2. The Kier molecular flexibility index (Phi) is 12.0. The molecule has 2 amide bonds. The average molecular weight is 613 g/mol. The summed E-state index contributed by atoms with van der Waals surface area (Å²) in [5, 5.41) is 3.97. The number of methoxy groups -OCH3 is 1. The molecule has 0 radical (unpaired) electrons. The molecule has 1 aliphatic rings. The van der Waals surface area contributed by atoms with Gasteiger partial charge in [-0.25, -0.2) is 8.42 Å². The van der Waals surface area contributed by atoms with E-state index in [-0.39, 0.29) is 43.8 Å². The molecule has 0 aliphatic heterocycles. The van der Waals surface area contributed by atoms with Gasteiger partial charge in [-0.3, -0.25) is 13.9 Å². The standard InChI is InChI=1S/C29H39Cl2N3O5S/c1-4-25(29(36)32-21-12-6-5-7-13-21)33(20-22-23(30)14-10-15-24(22)31)28(35)18-11-19-34(40(3,37)38)26-16-8-9-17-27(26)39-2/h8-10,14-17,21,25H,4-7,11-13,18-20H2,1-3H3,(H,32,36)/t25-/m1/s1. The molecule has 1 fully saturated rings. The van der Waals surface area contributed by atoms with Gasteiger partial charge in [0.25, 0.3) is 0 Å². The smallest absolute Gasteiger partial charge is 0.243 e. The summed E-state index contributed by atoms with van der Waals surface area (Å²) in [6, 6.07) is 11.3. The van der Waals surface area contributed by atoms with Crippen LogP contribution in [0.4, 0.5) is 5.69 Å². The zero-order valence-corrected chi connectivity index (χ0v) is 25.7. The maximum Gasteiger partial charge on any atom is 0.243 e. The Hall–Kier alpha value is -2.49. The molecule has 0 bridgehead atoms. The fourth-order valence-electron chi connectivity index (χ4n) is 5.14. The maximum atomic E-state index is 13.7. The number of para-hydroxylation sites is 2. The molecule has 1 aliphatic carbocycles. The van der Waals surface area contributed by atoms with Crippen molar-refractivity contribution in [3.63, 3.8) is 0 Å². The van der Waals surface area contributed by atoms with Crippen LogP contribution in [0.5, 0.6) is 5.75 Å². The van der Waals surface area contributed by atoms with E-state index < -0.39 is 16.1 Å². The molecule has 11 heteroatoms. The second kappa shape index (κ2) is 14.9. The lowest BCUT2D eigenvalue weighted by molar-refractivity contribution is -0.141. The molecule has 0 heterocycles. The first-order valence-electron chi connectivity index (χ1n) is 13.7. The molecule has 0 saturated heterocycles. The molecular formula is C29H39Cl2N3O5S. The molecule has 8 nitrogen and oxygen atoms in total. The Morgan fingerprint density at radius 2 is 1.70 bits per heavy atom. The lowest BCUT2D eigenvalue weighted by atomic mass is 9.95. The molecule has 1 saturated carbocycles. The lowest BCUT2D eigenvalue weighted by Crippen LogP contribution is -2.51. The minimum absolute atomic E-state index is 0.0243. The third kappa shape index (κ3) is 8.51. The number of anilines is 1. The van der Waals surface area contributed by atoms with Crippen molar-refractivity contribution in [2.24, 2.45) is 0 Å². The van der Waals surface area contributed by atoms with Crippen molar-refractivity contribution in [3.8, 4) is 5.75 Å². The summed E-state index contributed by atoms with van der Waals surface area (Å²) in [5.41, 5.74) is 0.966. The third-order valence-corrected chi connectivity index (χ3v) is 9.12. The molecular weight excluding hydrogens is 573 g/mol. The van der Waals surface area contributed by atoms with Crippen molar-refractivity contribution in [1.82, 2.24) is 10.2 Å². The number of carbonyl (C=O) groups excluding carboxylic acids is 2. The number of amides is 2. The SMILES string of the molecule is CC[C@H](C(=O)NC1CCCCC1)N(Cc1c(Cl)cccc1Cl)C(=O)CCCN(c1ccccc1OC)S(C)(=O)=O. The molecule has 220 valence electrons. The van der Waals surface area contributed by atoms with Gasteiger partial charge in [0.05, 0.1) is 19.1 Å². The van der Waals surface area contributed by atoms with Gasteiger partial charge in [0, 0.05) is 41.2 Å². The van der Waals surface area contributed by atoms with Crippen LogP contribution in [0.2, 0.25) is 10.0 Å². The highest BCUT2D eigenvalue weighted by Gasteiger charge is 2.31. The van der Waals surface area contributed by atoms with Crippen molar-refractivity contribution in [2.45, 2.75) is 76.9 Å². The van der Waals surface area contributed by atoms with Crippen LogP contribution in [0.25, 0.3) is 0 Å². The number of benzene rings is 2. The highest BCUT2D eigenvalue weighted by Crippen LogP contribution is 2.31. The molecule has 2 aromatic carbocycles. The number of hydrogen-bond donors (Lipinski definition) is 1. The molecule has 40 heavy (non-hydrogen) atoms. The van der Waals surface area contributed by atoms with E-state index in [9.17, 15) is 18.0 Å². The highest BCUT2D eigenvalue weighted by atomic mass is 35.5. The summed E-state index contributed by atoms with van der Waals surface area (Å²) in [5.74, 6) is -0.0625.